The predicted molar refractivity (Wildman–Crippen MR) is 265 cm³/mol. The zero-order valence-electron chi connectivity index (χ0n) is 40.5. The Bertz CT molecular complexity index is 1280. The van der Waals surface area contributed by atoms with Crippen LogP contribution >= 0.6 is 7.82 Å². The van der Waals surface area contributed by atoms with Gasteiger partial charge in [-0.25, -0.2) is 0 Å². The first-order chi connectivity index (χ1) is 30.0. The van der Waals surface area contributed by atoms with Crippen molar-refractivity contribution < 1.29 is 32.9 Å². The first-order valence-electron chi connectivity index (χ1n) is 24.9. The summed E-state index contributed by atoms with van der Waals surface area (Å²) in [5.41, 5.74) is 0. The van der Waals surface area contributed by atoms with E-state index < -0.39 is 20.0 Å². The number of carbonyl (C=O) groups excluding carboxylic acids is 1. The molecule has 0 radical (unpaired) electrons. The topological polar surface area (TPSA) is 108 Å². The Hall–Kier alpha value is -2.32. The van der Waals surface area contributed by atoms with Crippen LogP contribution in [0, 0.1) is 0 Å². The molecule has 0 aromatic carbocycles. The van der Waals surface area contributed by atoms with Crippen molar-refractivity contribution in [3.63, 3.8) is 0 Å². The molecule has 0 aliphatic rings. The monoisotopic (exact) mass is 887 g/mol. The molecule has 3 unspecified atom stereocenters. The molecule has 0 aromatic heterocycles. The predicted octanol–water partition coefficient (Wildman–Crippen LogP) is 13.9. The summed E-state index contributed by atoms with van der Waals surface area (Å²) in [7, 11) is 1.25. The second kappa shape index (κ2) is 43.9. The summed E-state index contributed by atoms with van der Waals surface area (Å²) in [5.74, 6) is -0.211. The second-order valence-electron chi connectivity index (χ2n) is 17.8. The van der Waals surface area contributed by atoms with Gasteiger partial charge in [0.15, 0.2) is 0 Å². The van der Waals surface area contributed by atoms with Gasteiger partial charge in [0, 0.05) is 6.42 Å². The van der Waals surface area contributed by atoms with Crippen molar-refractivity contribution in [2.75, 3.05) is 40.9 Å². The molecule has 0 saturated heterocycles. The number of aliphatic hydroxyl groups is 1. The van der Waals surface area contributed by atoms with Crippen LogP contribution in [-0.2, 0) is 18.4 Å². The number of phosphoric ester groups is 1. The summed E-state index contributed by atoms with van der Waals surface area (Å²) in [6, 6.07) is -0.883. The van der Waals surface area contributed by atoms with E-state index in [1.807, 2.05) is 34.1 Å². The normalized spacial score (nSPS) is 14.9. The van der Waals surface area contributed by atoms with Crippen LogP contribution in [0.5, 0.6) is 0 Å². The number of allylic oxidation sites excluding steroid dienone is 13. The Kier molecular flexibility index (Phi) is 42.3. The maximum absolute atomic E-state index is 12.7. The molecule has 8 nitrogen and oxygen atoms in total. The lowest BCUT2D eigenvalue weighted by molar-refractivity contribution is -0.870. The molecule has 0 aliphatic heterocycles. The lowest BCUT2D eigenvalue weighted by Crippen LogP contribution is -2.45. The molecule has 0 heterocycles. The fourth-order valence-corrected chi connectivity index (χ4v) is 7.42. The van der Waals surface area contributed by atoms with Gasteiger partial charge in [0.1, 0.15) is 13.2 Å². The summed E-state index contributed by atoms with van der Waals surface area (Å²) in [6.45, 7) is 4.30. The number of rotatable bonds is 44. The molecule has 9 heteroatoms. The van der Waals surface area contributed by atoms with Crippen LogP contribution in [0.25, 0.3) is 0 Å². The quantitative estimate of drug-likeness (QED) is 0.0273. The first-order valence-corrected chi connectivity index (χ1v) is 26.4. The van der Waals surface area contributed by atoms with Gasteiger partial charge in [-0.05, 0) is 64.2 Å². The van der Waals surface area contributed by atoms with E-state index in [-0.39, 0.29) is 19.1 Å². The van der Waals surface area contributed by atoms with Gasteiger partial charge in [-0.3, -0.25) is 9.36 Å². The minimum Gasteiger partial charge on any atom is -0.756 e. The molecule has 0 aromatic rings. The van der Waals surface area contributed by atoms with Crippen LogP contribution in [-0.4, -0.2) is 68.5 Å². The van der Waals surface area contributed by atoms with E-state index in [1.165, 1.54) is 103 Å². The zero-order valence-corrected chi connectivity index (χ0v) is 41.4. The molecule has 0 rings (SSSR count). The van der Waals surface area contributed by atoms with Gasteiger partial charge in [0.25, 0.3) is 7.82 Å². The van der Waals surface area contributed by atoms with Crippen molar-refractivity contribution in [1.29, 1.82) is 0 Å². The molecule has 1 amide bonds. The Balaban J connectivity index is 3.73. The molecular formula is C53H95N2O6P. The molecule has 2 N–H and O–H groups in total. The zero-order chi connectivity index (χ0) is 45.7. The number of carbonyl (C=O) groups is 1. The molecule has 358 valence electrons. The lowest BCUT2D eigenvalue weighted by atomic mass is 10.0. The summed E-state index contributed by atoms with van der Waals surface area (Å²) < 4.78 is 22.9. The van der Waals surface area contributed by atoms with Crippen molar-refractivity contribution in [2.45, 2.75) is 206 Å². The minimum absolute atomic E-state index is 0.00462. The molecule has 0 spiro atoms. The summed E-state index contributed by atoms with van der Waals surface area (Å²) >= 11 is 0. The number of likely N-dealkylation sites (N-methyl/N-ethyl adjacent to an activating group) is 1. The fraction of sp³-hybridized carbons (Fsp3) is 0.717. The number of nitrogens with zero attached hydrogens (tertiary/aromatic N) is 1. The lowest BCUT2D eigenvalue weighted by Gasteiger charge is -2.29. The molecule has 0 bridgehead atoms. The maximum Gasteiger partial charge on any atom is 0.268 e. The summed E-state index contributed by atoms with van der Waals surface area (Å²) in [4.78, 5) is 25.0. The maximum atomic E-state index is 12.7. The average molecular weight is 887 g/mol. The first kappa shape index (κ1) is 59.7. The van der Waals surface area contributed by atoms with Crippen LogP contribution in [0.15, 0.2) is 85.1 Å². The highest BCUT2D eigenvalue weighted by atomic mass is 31.2. The number of unbranched alkanes of at least 4 members (excludes halogenated alkanes) is 19. The smallest absolute Gasteiger partial charge is 0.268 e. The Morgan fingerprint density at radius 1 is 0.581 bits per heavy atom. The number of hydrogen-bond acceptors (Lipinski definition) is 6. The van der Waals surface area contributed by atoms with E-state index in [9.17, 15) is 19.4 Å². The third-order valence-corrected chi connectivity index (χ3v) is 11.6. The van der Waals surface area contributed by atoms with Crippen LogP contribution in [0.1, 0.15) is 194 Å². The molecule has 0 saturated carbocycles. The second-order valence-corrected chi connectivity index (χ2v) is 19.2. The van der Waals surface area contributed by atoms with Crippen molar-refractivity contribution >= 4 is 13.7 Å². The van der Waals surface area contributed by atoms with Crippen LogP contribution in [0.4, 0.5) is 0 Å². The fourth-order valence-electron chi connectivity index (χ4n) is 6.69. The molecular weight excluding hydrogens is 792 g/mol. The van der Waals surface area contributed by atoms with Gasteiger partial charge < -0.3 is 28.8 Å². The third-order valence-electron chi connectivity index (χ3n) is 10.6. The van der Waals surface area contributed by atoms with Gasteiger partial charge in [-0.2, -0.15) is 0 Å². The Morgan fingerprint density at radius 2 is 0.984 bits per heavy atom. The standard InChI is InChI=1S/C53H95N2O6P/c1-6-8-10-11-12-13-14-15-16-17-18-19-20-21-22-23-24-25-26-27-28-29-30-31-32-33-34-35-36-37-38-39-40-41-42-43-45-47-53(57)54-51(52(56)46-44-9-7-2)50-61-62(58,59)60-49-48-55(3,4)5/h8,10,12-13,15-16,18-19,21-22,24-25,44,46,51-52,56H,6-7,9,11,14,17,20,23,26-43,45,47-50H2,1-5H3,(H-,54,57,58,59)/b10-8-,13-12-,16-15-,19-18-,22-21-,25-24-,46-44+. The van der Waals surface area contributed by atoms with Crippen LogP contribution in [0.2, 0.25) is 0 Å². The van der Waals surface area contributed by atoms with Gasteiger partial charge in [0.2, 0.25) is 5.91 Å². The van der Waals surface area contributed by atoms with E-state index in [1.54, 1.807) is 6.08 Å². The highest BCUT2D eigenvalue weighted by Crippen LogP contribution is 2.38. The van der Waals surface area contributed by atoms with Crippen LogP contribution < -0.4 is 10.2 Å². The van der Waals surface area contributed by atoms with Crippen molar-refractivity contribution in [1.82, 2.24) is 5.32 Å². The van der Waals surface area contributed by atoms with Crippen LogP contribution in [0.3, 0.4) is 0 Å². The minimum atomic E-state index is -4.57. The van der Waals surface area contributed by atoms with Gasteiger partial charge in [-0.15, -0.1) is 0 Å². The Labute approximate surface area is 382 Å². The SMILES string of the molecule is CC/C=C\C/C=C\C/C=C\C/C=C\C/C=C\C/C=C\CCCCCCCCCCCCCCCCCCCCC(=O)NC(COP(=O)([O-])OCC[N+](C)(C)C)C(O)/C=C/CCC. The van der Waals surface area contributed by atoms with Crippen molar-refractivity contribution in [3.8, 4) is 0 Å². The third kappa shape index (κ3) is 45.7. The van der Waals surface area contributed by atoms with Crippen molar-refractivity contribution in [2.24, 2.45) is 0 Å². The van der Waals surface area contributed by atoms with E-state index in [2.05, 4.69) is 85.2 Å². The Morgan fingerprint density at radius 3 is 1.40 bits per heavy atom. The largest absolute Gasteiger partial charge is 0.756 e. The highest BCUT2D eigenvalue weighted by molar-refractivity contribution is 7.45. The summed E-state index contributed by atoms with van der Waals surface area (Å²) in [5, 5.41) is 13.4. The molecule has 62 heavy (non-hydrogen) atoms. The molecule has 0 aliphatic carbocycles. The highest BCUT2D eigenvalue weighted by Gasteiger charge is 2.23. The number of aliphatic hydroxyl groups excluding tert-OH is 1. The van der Waals surface area contributed by atoms with E-state index >= 15 is 0 Å². The van der Waals surface area contributed by atoms with E-state index in [0.29, 0.717) is 17.4 Å². The number of phosphoric acid groups is 1. The average Bonchev–Trinajstić information content (AvgIpc) is 3.23. The molecule has 3 atom stereocenters. The number of amides is 1. The van der Waals surface area contributed by atoms with Gasteiger partial charge >= 0.3 is 0 Å². The van der Waals surface area contributed by atoms with Gasteiger partial charge in [-0.1, -0.05) is 208 Å². The summed E-state index contributed by atoms with van der Waals surface area (Å²) in [6.07, 6.45) is 61.9. The van der Waals surface area contributed by atoms with E-state index in [0.717, 1.165) is 70.6 Å². The van der Waals surface area contributed by atoms with Crippen molar-refractivity contribution in [3.05, 3.63) is 85.1 Å². The van der Waals surface area contributed by atoms with E-state index in [4.69, 9.17) is 9.05 Å². The van der Waals surface area contributed by atoms with Gasteiger partial charge in [0.05, 0.1) is 39.9 Å². The number of quaternary nitrogens is 1. The molecule has 0 fully saturated rings. The number of nitrogens with one attached hydrogen (secondary N) is 1. The number of hydrogen-bond donors (Lipinski definition) is 2.